The van der Waals surface area contributed by atoms with Crippen LogP contribution in [-0.4, -0.2) is 49.6 Å². The van der Waals surface area contributed by atoms with E-state index in [0.29, 0.717) is 30.5 Å². The molecule has 9 nitrogen and oxygen atoms in total. The Morgan fingerprint density at radius 3 is 2.81 bits per heavy atom. The SMILES string of the molecule is [C-]#[N+]C(=CC(C)C)C(=O)N1CC(Cn2c(NC(=O)c3ccc(-c4cn[nH]c4)s3)nc3ccccc32)C1. The van der Waals surface area contributed by atoms with Crippen molar-refractivity contribution >= 4 is 40.1 Å². The Morgan fingerprint density at radius 1 is 1.28 bits per heavy atom. The molecule has 0 unspecified atom stereocenters. The van der Waals surface area contributed by atoms with Gasteiger partial charge in [-0.25, -0.2) is 9.83 Å². The van der Waals surface area contributed by atoms with Gasteiger partial charge < -0.3 is 9.47 Å². The van der Waals surface area contributed by atoms with E-state index in [-0.39, 0.29) is 29.3 Å². The molecule has 2 amide bonds. The molecule has 0 saturated carbocycles. The summed E-state index contributed by atoms with van der Waals surface area (Å²) in [6.45, 7) is 13.0. The van der Waals surface area contributed by atoms with Gasteiger partial charge in [0.25, 0.3) is 11.8 Å². The van der Waals surface area contributed by atoms with Gasteiger partial charge in [-0.3, -0.25) is 20.0 Å². The van der Waals surface area contributed by atoms with Crippen LogP contribution >= 0.6 is 11.3 Å². The molecule has 2 N–H and O–H groups in total. The molecule has 3 aromatic heterocycles. The van der Waals surface area contributed by atoms with E-state index in [2.05, 4.69) is 25.3 Å². The Labute approximate surface area is 212 Å². The number of thiophene rings is 1. The molecular formula is C26H25N7O2S. The molecule has 1 aliphatic rings. The third-order valence-corrected chi connectivity index (χ3v) is 7.14. The van der Waals surface area contributed by atoms with Gasteiger partial charge in [-0.05, 0) is 30.2 Å². The van der Waals surface area contributed by atoms with Crippen LogP contribution in [0.1, 0.15) is 23.5 Å². The van der Waals surface area contributed by atoms with Crippen molar-refractivity contribution in [2.45, 2.75) is 20.4 Å². The zero-order valence-corrected chi connectivity index (χ0v) is 20.7. The number of carbonyl (C=O) groups is 2. The molecule has 4 heterocycles. The van der Waals surface area contributed by atoms with Crippen molar-refractivity contribution in [1.29, 1.82) is 0 Å². The average Bonchev–Trinajstić information content (AvgIpc) is 3.59. The number of hydrogen-bond donors (Lipinski definition) is 2. The van der Waals surface area contributed by atoms with Crippen LogP contribution in [0.3, 0.4) is 0 Å². The summed E-state index contributed by atoms with van der Waals surface area (Å²) in [4.78, 5) is 37.1. The molecule has 36 heavy (non-hydrogen) atoms. The first-order chi connectivity index (χ1) is 17.4. The molecule has 182 valence electrons. The van der Waals surface area contributed by atoms with Crippen molar-refractivity contribution in [3.63, 3.8) is 0 Å². The van der Waals surface area contributed by atoms with E-state index < -0.39 is 0 Å². The van der Waals surface area contributed by atoms with Gasteiger partial charge in [-0.2, -0.15) is 5.10 Å². The number of imidazole rings is 1. The number of rotatable bonds is 7. The highest BCUT2D eigenvalue weighted by atomic mass is 32.1. The highest BCUT2D eigenvalue weighted by Gasteiger charge is 2.33. The Bertz CT molecular complexity index is 1480. The molecule has 0 aliphatic carbocycles. The molecule has 10 heteroatoms. The summed E-state index contributed by atoms with van der Waals surface area (Å²) in [5.41, 5.74) is 2.82. The lowest BCUT2D eigenvalue weighted by Gasteiger charge is -2.39. The monoisotopic (exact) mass is 499 g/mol. The normalized spacial score (nSPS) is 14.2. The number of amides is 2. The van der Waals surface area contributed by atoms with Crippen molar-refractivity contribution in [2.75, 3.05) is 18.4 Å². The molecule has 5 rings (SSSR count). The Balaban J connectivity index is 1.32. The molecule has 1 fully saturated rings. The maximum absolute atomic E-state index is 13.1. The lowest BCUT2D eigenvalue weighted by molar-refractivity contribution is -0.133. The van der Waals surface area contributed by atoms with E-state index >= 15 is 0 Å². The molecule has 1 aromatic carbocycles. The van der Waals surface area contributed by atoms with Gasteiger partial charge in [0, 0.05) is 42.2 Å². The van der Waals surface area contributed by atoms with E-state index in [9.17, 15) is 9.59 Å². The zero-order chi connectivity index (χ0) is 25.2. The molecule has 0 bridgehead atoms. The van der Waals surface area contributed by atoms with E-state index in [1.807, 2.05) is 48.7 Å². The highest BCUT2D eigenvalue weighted by molar-refractivity contribution is 7.17. The Kier molecular flexibility index (Phi) is 6.40. The van der Waals surface area contributed by atoms with Crippen LogP contribution in [-0.2, 0) is 11.3 Å². The van der Waals surface area contributed by atoms with E-state index in [0.717, 1.165) is 21.5 Å². The second kappa shape index (κ2) is 9.79. The second-order valence-corrected chi connectivity index (χ2v) is 10.2. The summed E-state index contributed by atoms with van der Waals surface area (Å²) >= 11 is 1.39. The predicted molar refractivity (Wildman–Crippen MR) is 139 cm³/mol. The van der Waals surface area contributed by atoms with Gasteiger partial charge in [-0.1, -0.05) is 32.1 Å². The molecule has 1 saturated heterocycles. The number of carbonyl (C=O) groups excluding carboxylic acids is 2. The first-order valence-electron chi connectivity index (χ1n) is 11.7. The largest absolute Gasteiger partial charge is 0.347 e. The number of hydrogen-bond acceptors (Lipinski definition) is 5. The quantitative estimate of drug-likeness (QED) is 0.285. The number of anilines is 1. The van der Waals surface area contributed by atoms with Gasteiger partial charge in [0.05, 0.1) is 28.7 Å². The molecular weight excluding hydrogens is 474 g/mol. The number of aromatic nitrogens is 4. The van der Waals surface area contributed by atoms with E-state index in [4.69, 9.17) is 6.57 Å². The predicted octanol–water partition coefficient (Wildman–Crippen LogP) is 4.66. The summed E-state index contributed by atoms with van der Waals surface area (Å²) in [6.07, 6.45) is 5.22. The standard InChI is InChI=1S/C26H25N7O2S/c1-16(2)10-20(27-3)25(35)32-13-17(14-32)15-33-21-7-5-4-6-19(21)30-26(33)31-24(34)23-9-8-22(36-23)18-11-28-29-12-18/h4-12,16-17H,13-15H2,1-2H3,(H,28,29)(H,30,31,34). The Hall–Kier alpha value is -4.23. The van der Waals surface area contributed by atoms with Crippen LogP contribution in [0.2, 0.25) is 0 Å². The van der Waals surface area contributed by atoms with Crippen molar-refractivity contribution in [3.8, 4) is 10.4 Å². The molecule has 0 spiro atoms. The van der Waals surface area contributed by atoms with Gasteiger partial charge in [0.1, 0.15) is 0 Å². The summed E-state index contributed by atoms with van der Waals surface area (Å²) in [5, 5.41) is 9.73. The number of H-pyrrole nitrogens is 1. The van der Waals surface area contributed by atoms with Crippen molar-refractivity contribution in [1.82, 2.24) is 24.6 Å². The maximum atomic E-state index is 13.1. The molecule has 4 aromatic rings. The Morgan fingerprint density at radius 2 is 2.08 bits per heavy atom. The minimum Gasteiger partial charge on any atom is -0.347 e. The summed E-state index contributed by atoms with van der Waals surface area (Å²) < 4.78 is 2.00. The number of fused-ring (bicyclic) bond motifs is 1. The van der Waals surface area contributed by atoms with Crippen LogP contribution in [0.5, 0.6) is 0 Å². The number of nitrogens with zero attached hydrogens (tertiary/aromatic N) is 5. The van der Waals surface area contributed by atoms with Gasteiger partial charge in [-0.15, -0.1) is 11.3 Å². The van der Waals surface area contributed by atoms with Crippen molar-refractivity contribution in [2.24, 2.45) is 11.8 Å². The molecule has 1 aliphatic heterocycles. The summed E-state index contributed by atoms with van der Waals surface area (Å²) in [7, 11) is 0. The van der Waals surface area contributed by atoms with Gasteiger partial charge in [0.15, 0.2) is 0 Å². The number of likely N-dealkylation sites (tertiary alicyclic amines) is 1. The minimum absolute atomic E-state index is 0.137. The molecule has 0 atom stereocenters. The van der Waals surface area contributed by atoms with Crippen LogP contribution < -0.4 is 5.32 Å². The van der Waals surface area contributed by atoms with Gasteiger partial charge >= 0.3 is 0 Å². The van der Waals surface area contributed by atoms with Crippen LogP contribution in [0.25, 0.3) is 26.3 Å². The molecule has 0 radical (unpaired) electrons. The lowest BCUT2D eigenvalue weighted by Crippen LogP contribution is -2.51. The second-order valence-electron chi connectivity index (χ2n) is 9.12. The topological polar surface area (TPSA) is 100 Å². The number of benzene rings is 1. The zero-order valence-electron chi connectivity index (χ0n) is 19.9. The van der Waals surface area contributed by atoms with Crippen molar-refractivity contribution in [3.05, 3.63) is 76.9 Å². The number of para-hydroxylation sites is 2. The fourth-order valence-electron chi connectivity index (χ4n) is 4.26. The summed E-state index contributed by atoms with van der Waals surface area (Å²) in [5.74, 6) is 0.369. The van der Waals surface area contributed by atoms with Crippen LogP contribution in [0.15, 0.2) is 60.6 Å². The van der Waals surface area contributed by atoms with Gasteiger partial charge in [0.2, 0.25) is 11.6 Å². The van der Waals surface area contributed by atoms with Crippen LogP contribution in [0, 0.1) is 18.4 Å². The lowest BCUT2D eigenvalue weighted by atomic mass is 9.99. The minimum atomic E-state index is -0.225. The van der Waals surface area contributed by atoms with Crippen LogP contribution in [0.4, 0.5) is 5.95 Å². The highest BCUT2D eigenvalue weighted by Crippen LogP contribution is 2.29. The van der Waals surface area contributed by atoms with E-state index in [1.54, 1.807) is 29.4 Å². The number of allylic oxidation sites excluding steroid dienone is 1. The smallest absolute Gasteiger partial charge is 0.268 e. The van der Waals surface area contributed by atoms with E-state index in [1.165, 1.54) is 11.3 Å². The third kappa shape index (κ3) is 4.65. The fourth-order valence-corrected chi connectivity index (χ4v) is 5.15. The average molecular weight is 500 g/mol. The summed E-state index contributed by atoms with van der Waals surface area (Å²) in [6, 6.07) is 11.4. The maximum Gasteiger partial charge on any atom is 0.268 e. The first-order valence-corrected chi connectivity index (χ1v) is 12.5. The van der Waals surface area contributed by atoms with Crippen molar-refractivity contribution < 1.29 is 9.59 Å². The number of aromatic amines is 1. The number of nitrogens with one attached hydrogen (secondary N) is 2. The first kappa shape index (κ1) is 23.5. The third-order valence-electron chi connectivity index (χ3n) is 6.01. The fraction of sp³-hybridized carbons (Fsp3) is 0.269.